The number of methoxy groups -OCH3 is 1. The molecule has 0 aliphatic heterocycles. The molecule has 0 heterocycles. The smallest absolute Gasteiger partial charge is 0.322 e. The third kappa shape index (κ3) is 2.66. The van der Waals surface area contributed by atoms with Gasteiger partial charge in [0.1, 0.15) is 11.7 Å². The molecular weight excluding hydrogens is 173 g/mol. The summed E-state index contributed by atoms with van der Waals surface area (Å²) in [6, 6.07) is -0.812. The fourth-order valence-corrected chi connectivity index (χ4v) is 1.84. The highest BCUT2D eigenvalue weighted by molar-refractivity contribution is 5.75. The monoisotopic (exact) mass is 189 g/mol. The maximum Gasteiger partial charge on any atom is 0.322 e. The van der Waals surface area contributed by atoms with Crippen LogP contribution >= 0.6 is 0 Å². The van der Waals surface area contributed by atoms with Crippen molar-refractivity contribution in [1.82, 2.24) is 0 Å². The Morgan fingerprint density at radius 1 is 1.62 bits per heavy atom. The van der Waals surface area contributed by atoms with Crippen molar-refractivity contribution in [2.75, 3.05) is 7.11 Å². The minimum atomic E-state index is -1.23. The quantitative estimate of drug-likeness (QED) is 0.678. The second kappa shape index (κ2) is 4.05. The zero-order valence-electron chi connectivity index (χ0n) is 7.88. The number of hydrogen-bond donors (Lipinski definition) is 1. The minimum absolute atomic E-state index is 0.0969. The molecule has 1 atom stereocenters. The lowest BCUT2D eigenvalue weighted by molar-refractivity contribution is -0.143. The maximum absolute atomic E-state index is 13.8. The zero-order chi connectivity index (χ0) is 9.90. The van der Waals surface area contributed by atoms with E-state index in [0.29, 0.717) is 12.8 Å². The van der Waals surface area contributed by atoms with Gasteiger partial charge >= 0.3 is 5.97 Å². The van der Waals surface area contributed by atoms with Crippen LogP contribution in [0.15, 0.2) is 0 Å². The SMILES string of the molecule is COC(=O)C(N)CC1(F)CCCC1. The summed E-state index contributed by atoms with van der Waals surface area (Å²) in [6.07, 6.45) is 2.93. The van der Waals surface area contributed by atoms with E-state index in [9.17, 15) is 9.18 Å². The van der Waals surface area contributed by atoms with Crippen molar-refractivity contribution in [3.8, 4) is 0 Å². The van der Waals surface area contributed by atoms with Gasteiger partial charge in [-0.05, 0) is 12.8 Å². The standard InChI is InChI=1S/C9H16FNO2/c1-13-8(12)7(11)6-9(10)4-2-3-5-9/h7H,2-6,11H2,1H3. The van der Waals surface area contributed by atoms with Gasteiger partial charge in [-0.1, -0.05) is 12.8 Å². The van der Waals surface area contributed by atoms with Crippen molar-refractivity contribution in [3.63, 3.8) is 0 Å². The molecule has 1 rings (SSSR count). The van der Waals surface area contributed by atoms with Crippen LogP contribution in [0.3, 0.4) is 0 Å². The number of halogens is 1. The minimum Gasteiger partial charge on any atom is -0.468 e. The molecule has 1 fully saturated rings. The van der Waals surface area contributed by atoms with Crippen molar-refractivity contribution < 1.29 is 13.9 Å². The van der Waals surface area contributed by atoms with Gasteiger partial charge in [0.25, 0.3) is 0 Å². The highest BCUT2D eigenvalue weighted by Crippen LogP contribution is 2.36. The number of carbonyl (C=O) groups excluding carboxylic acids is 1. The van der Waals surface area contributed by atoms with Crippen molar-refractivity contribution in [1.29, 1.82) is 0 Å². The van der Waals surface area contributed by atoms with Gasteiger partial charge in [-0.25, -0.2) is 4.39 Å². The average Bonchev–Trinajstić information content (AvgIpc) is 2.50. The van der Waals surface area contributed by atoms with E-state index in [1.54, 1.807) is 0 Å². The highest BCUT2D eigenvalue weighted by atomic mass is 19.1. The first-order valence-electron chi connectivity index (χ1n) is 4.60. The molecule has 0 amide bonds. The number of esters is 1. The number of rotatable bonds is 3. The Bertz CT molecular complexity index is 190. The van der Waals surface area contributed by atoms with Crippen LogP contribution in [-0.2, 0) is 9.53 Å². The highest BCUT2D eigenvalue weighted by Gasteiger charge is 2.37. The van der Waals surface area contributed by atoms with Crippen LogP contribution in [0.1, 0.15) is 32.1 Å². The van der Waals surface area contributed by atoms with E-state index in [2.05, 4.69) is 4.74 Å². The molecule has 1 aliphatic rings. The lowest BCUT2D eigenvalue weighted by Crippen LogP contribution is -2.38. The molecular formula is C9H16FNO2. The Morgan fingerprint density at radius 3 is 2.62 bits per heavy atom. The Labute approximate surface area is 77.4 Å². The normalized spacial score (nSPS) is 22.7. The summed E-state index contributed by atoms with van der Waals surface area (Å²) < 4.78 is 18.2. The fraction of sp³-hybridized carbons (Fsp3) is 0.889. The molecule has 0 aromatic rings. The maximum atomic E-state index is 13.8. The molecule has 0 aromatic heterocycles. The molecule has 0 spiro atoms. The van der Waals surface area contributed by atoms with E-state index in [4.69, 9.17) is 5.73 Å². The van der Waals surface area contributed by atoms with E-state index in [1.807, 2.05) is 0 Å². The van der Waals surface area contributed by atoms with Gasteiger partial charge in [0, 0.05) is 6.42 Å². The molecule has 0 bridgehead atoms. The van der Waals surface area contributed by atoms with E-state index >= 15 is 0 Å². The summed E-state index contributed by atoms with van der Waals surface area (Å²) >= 11 is 0. The Balaban J connectivity index is 2.42. The van der Waals surface area contributed by atoms with Crippen molar-refractivity contribution in [2.45, 2.75) is 43.8 Å². The molecule has 76 valence electrons. The first-order chi connectivity index (χ1) is 6.07. The van der Waals surface area contributed by atoms with E-state index in [1.165, 1.54) is 7.11 Å². The van der Waals surface area contributed by atoms with Crippen molar-refractivity contribution in [3.05, 3.63) is 0 Å². The number of alkyl halides is 1. The number of ether oxygens (including phenoxy) is 1. The first kappa shape index (κ1) is 10.4. The van der Waals surface area contributed by atoms with Gasteiger partial charge in [-0.3, -0.25) is 4.79 Å². The van der Waals surface area contributed by atoms with Gasteiger partial charge in [0.05, 0.1) is 7.11 Å². The van der Waals surface area contributed by atoms with Crippen LogP contribution in [0.4, 0.5) is 4.39 Å². The molecule has 4 heteroatoms. The molecule has 1 aliphatic carbocycles. The van der Waals surface area contributed by atoms with Crippen LogP contribution in [0.25, 0.3) is 0 Å². The summed E-state index contributed by atoms with van der Waals surface area (Å²) in [6.45, 7) is 0. The molecule has 0 saturated heterocycles. The Kier molecular flexibility index (Phi) is 3.25. The summed E-state index contributed by atoms with van der Waals surface area (Å²) in [4.78, 5) is 10.9. The largest absolute Gasteiger partial charge is 0.468 e. The zero-order valence-corrected chi connectivity index (χ0v) is 7.88. The number of carbonyl (C=O) groups is 1. The second-order valence-electron chi connectivity index (χ2n) is 3.69. The summed E-state index contributed by atoms with van der Waals surface area (Å²) in [5, 5.41) is 0. The molecule has 13 heavy (non-hydrogen) atoms. The first-order valence-corrected chi connectivity index (χ1v) is 4.60. The molecule has 1 unspecified atom stereocenters. The van der Waals surface area contributed by atoms with Gasteiger partial charge in [0.2, 0.25) is 0 Å². The third-order valence-electron chi connectivity index (χ3n) is 2.59. The van der Waals surface area contributed by atoms with Crippen molar-refractivity contribution in [2.24, 2.45) is 5.73 Å². The molecule has 3 nitrogen and oxygen atoms in total. The average molecular weight is 189 g/mol. The predicted molar refractivity (Wildman–Crippen MR) is 46.9 cm³/mol. The fourth-order valence-electron chi connectivity index (χ4n) is 1.84. The van der Waals surface area contributed by atoms with Crippen LogP contribution in [0, 0.1) is 0 Å². The lowest BCUT2D eigenvalue weighted by Gasteiger charge is -2.21. The van der Waals surface area contributed by atoms with E-state index in [0.717, 1.165) is 12.8 Å². The number of nitrogens with two attached hydrogens (primary N) is 1. The lowest BCUT2D eigenvalue weighted by atomic mass is 9.95. The topological polar surface area (TPSA) is 52.3 Å². The van der Waals surface area contributed by atoms with Gasteiger partial charge < -0.3 is 10.5 Å². The predicted octanol–water partition coefficient (Wildman–Crippen LogP) is 1.16. The second-order valence-corrected chi connectivity index (χ2v) is 3.69. The van der Waals surface area contributed by atoms with Crippen LogP contribution < -0.4 is 5.73 Å². The van der Waals surface area contributed by atoms with Crippen LogP contribution in [0.2, 0.25) is 0 Å². The van der Waals surface area contributed by atoms with Gasteiger partial charge in [0.15, 0.2) is 0 Å². The van der Waals surface area contributed by atoms with Gasteiger partial charge in [-0.2, -0.15) is 0 Å². The van der Waals surface area contributed by atoms with Crippen molar-refractivity contribution >= 4 is 5.97 Å². The van der Waals surface area contributed by atoms with Crippen LogP contribution in [0.5, 0.6) is 0 Å². The van der Waals surface area contributed by atoms with E-state index in [-0.39, 0.29) is 6.42 Å². The molecule has 0 radical (unpaired) electrons. The summed E-state index contributed by atoms with van der Waals surface area (Å²) in [5.41, 5.74) is 4.25. The summed E-state index contributed by atoms with van der Waals surface area (Å²) in [7, 11) is 1.27. The Hall–Kier alpha value is -0.640. The molecule has 1 saturated carbocycles. The Morgan fingerprint density at radius 2 is 2.15 bits per heavy atom. The number of hydrogen-bond acceptors (Lipinski definition) is 3. The molecule has 2 N–H and O–H groups in total. The van der Waals surface area contributed by atoms with E-state index < -0.39 is 17.7 Å². The molecule has 0 aromatic carbocycles. The van der Waals surface area contributed by atoms with Gasteiger partial charge in [-0.15, -0.1) is 0 Å². The third-order valence-corrected chi connectivity index (χ3v) is 2.59. The summed E-state index contributed by atoms with van der Waals surface area (Å²) in [5.74, 6) is -0.524. The van der Waals surface area contributed by atoms with Crippen LogP contribution in [-0.4, -0.2) is 24.8 Å².